The van der Waals surface area contributed by atoms with Crippen LogP contribution in [-0.2, 0) is 9.53 Å². The SMILES string of the molecule is COCCN1CCC2(CCC1=O)CN(C(=O)NC(C)C)CCN2C. The van der Waals surface area contributed by atoms with E-state index in [4.69, 9.17) is 4.74 Å². The first-order chi connectivity index (χ1) is 11.4. The van der Waals surface area contributed by atoms with E-state index in [1.54, 1.807) is 7.11 Å². The average Bonchev–Trinajstić information content (AvgIpc) is 2.68. The van der Waals surface area contributed by atoms with Crippen LogP contribution in [0.4, 0.5) is 4.79 Å². The number of amides is 3. The van der Waals surface area contributed by atoms with E-state index in [1.165, 1.54) is 0 Å². The van der Waals surface area contributed by atoms with Crippen molar-refractivity contribution in [2.75, 3.05) is 53.5 Å². The summed E-state index contributed by atoms with van der Waals surface area (Å²) in [6, 6.07) is 0.137. The number of likely N-dealkylation sites (N-methyl/N-ethyl adjacent to an activating group) is 1. The summed E-state index contributed by atoms with van der Waals surface area (Å²) in [5.74, 6) is 0.195. The molecule has 1 spiro atoms. The van der Waals surface area contributed by atoms with Gasteiger partial charge in [-0.05, 0) is 33.7 Å². The lowest BCUT2D eigenvalue weighted by Gasteiger charge is -2.49. The van der Waals surface area contributed by atoms with Gasteiger partial charge in [0.2, 0.25) is 5.91 Å². The maximum absolute atomic E-state index is 12.4. The summed E-state index contributed by atoms with van der Waals surface area (Å²) in [6.07, 6.45) is 2.23. The first-order valence-corrected chi connectivity index (χ1v) is 8.91. The van der Waals surface area contributed by atoms with Gasteiger partial charge in [-0.2, -0.15) is 0 Å². The summed E-state index contributed by atoms with van der Waals surface area (Å²) in [4.78, 5) is 30.9. The summed E-state index contributed by atoms with van der Waals surface area (Å²) >= 11 is 0. The lowest BCUT2D eigenvalue weighted by atomic mass is 9.86. The molecular formula is C17H32N4O3. The summed E-state index contributed by atoms with van der Waals surface area (Å²) in [5, 5.41) is 2.98. The predicted molar refractivity (Wildman–Crippen MR) is 92.9 cm³/mol. The van der Waals surface area contributed by atoms with Crippen molar-refractivity contribution < 1.29 is 14.3 Å². The third-order valence-electron chi connectivity index (χ3n) is 5.27. The Morgan fingerprint density at radius 3 is 2.71 bits per heavy atom. The number of carbonyl (C=O) groups excluding carboxylic acids is 2. The third kappa shape index (κ3) is 4.39. The van der Waals surface area contributed by atoms with Crippen LogP contribution in [0.3, 0.4) is 0 Å². The Morgan fingerprint density at radius 2 is 2.04 bits per heavy atom. The van der Waals surface area contributed by atoms with Crippen LogP contribution < -0.4 is 5.32 Å². The van der Waals surface area contributed by atoms with Crippen LogP contribution in [0.1, 0.15) is 33.1 Å². The molecule has 1 atom stereocenters. The molecule has 0 radical (unpaired) electrons. The van der Waals surface area contributed by atoms with Crippen LogP contribution in [-0.4, -0.2) is 91.7 Å². The zero-order valence-corrected chi connectivity index (χ0v) is 15.5. The molecule has 2 rings (SSSR count). The lowest BCUT2D eigenvalue weighted by Crippen LogP contribution is -2.63. The highest BCUT2D eigenvalue weighted by Crippen LogP contribution is 2.32. The van der Waals surface area contributed by atoms with Gasteiger partial charge in [0.25, 0.3) is 0 Å². The van der Waals surface area contributed by atoms with E-state index in [2.05, 4.69) is 17.3 Å². The number of methoxy groups -OCH3 is 1. The molecular weight excluding hydrogens is 308 g/mol. The minimum Gasteiger partial charge on any atom is -0.383 e. The standard InChI is InChI=1S/C17H32N4O3/c1-14(2)18-16(23)21-10-9-19(3)17(13-21)6-5-15(22)20(8-7-17)11-12-24-4/h14H,5-13H2,1-4H3,(H,18,23). The van der Waals surface area contributed by atoms with Crippen molar-refractivity contribution in [3.8, 4) is 0 Å². The Morgan fingerprint density at radius 1 is 1.29 bits per heavy atom. The molecule has 0 aromatic carbocycles. The number of ether oxygens (including phenoxy) is 1. The smallest absolute Gasteiger partial charge is 0.317 e. The molecule has 7 nitrogen and oxygen atoms in total. The summed E-state index contributed by atoms with van der Waals surface area (Å²) in [7, 11) is 3.77. The highest BCUT2D eigenvalue weighted by atomic mass is 16.5. The van der Waals surface area contributed by atoms with Crippen LogP contribution in [0, 0.1) is 0 Å². The molecule has 0 saturated carbocycles. The molecule has 7 heteroatoms. The fourth-order valence-electron chi connectivity index (χ4n) is 3.64. The second-order valence-corrected chi connectivity index (χ2v) is 7.30. The number of carbonyl (C=O) groups is 2. The van der Waals surface area contributed by atoms with Crippen molar-refractivity contribution >= 4 is 11.9 Å². The number of piperazine rings is 1. The molecule has 0 aliphatic carbocycles. The largest absolute Gasteiger partial charge is 0.383 e. The van der Waals surface area contributed by atoms with E-state index in [1.807, 2.05) is 23.6 Å². The van der Waals surface area contributed by atoms with Gasteiger partial charge in [0.1, 0.15) is 0 Å². The number of urea groups is 1. The zero-order chi connectivity index (χ0) is 17.7. The second-order valence-electron chi connectivity index (χ2n) is 7.30. The Bertz CT molecular complexity index is 457. The molecule has 2 fully saturated rings. The summed E-state index contributed by atoms with van der Waals surface area (Å²) < 4.78 is 5.11. The van der Waals surface area contributed by atoms with Crippen molar-refractivity contribution in [1.29, 1.82) is 0 Å². The number of hydrogen-bond acceptors (Lipinski definition) is 4. The minimum absolute atomic E-state index is 0.00397. The van der Waals surface area contributed by atoms with Crippen LogP contribution in [0.25, 0.3) is 0 Å². The Balaban J connectivity index is 2.06. The van der Waals surface area contributed by atoms with Crippen LogP contribution in [0.5, 0.6) is 0 Å². The molecule has 0 bridgehead atoms. The van der Waals surface area contributed by atoms with E-state index in [0.717, 1.165) is 32.5 Å². The zero-order valence-electron chi connectivity index (χ0n) is 15.5. The second kappa shape index (κ2) is 8.16. The number of nitrogens with zero attached hydrogens (tertiary/aromatic N) is 3. The van der Waals surface area contributed by atoms with E-state index in [9.17, 15) is 9.59 Å². The molecule has 2 aliphatic rings. The molecule has 2 aliphatic heterocycles. The van der Waals surface area contributed by atoms with Crippen LogP contribution in [0.15, 0.2) is 0 Å². The lowest BCUT2D eigenvalue weighted by molar-refractivity contribution is -0.131. The van der Waals surface area contributed by atoms with Crippen molar-refractivity contribution in [1.82, 2.24) is 20.0 Å². The molecule has 1 unspecified atom stereocenters. The van der Waals surface area contributed by atoms with Crippen molar-refractivity contribution in [2.45, 2.75) is 44.7 Å². The normalized spacial score (nSPS) is 26.1. The molecule has 2 saturated heterocycles. The fourth-order valence-corrected chi connectivity index (χ4v) is 3.64. The van der Waals surface area contributed by atoms with Gasteiger partial charge in [-0.3, -0.25) is 9.69 Å². The number of nitrogens with one attached hydrogen (secondary N) is 1. The molecule has 0 aromatic heterocycles. The van der Waals surface area contributed by atoms with E-state index in [-0.39, 0.29) is 23.5 Å². The van der Waals surface area contributed by atoms with Gasteiger partial charge in [-0.25, -0.2) is 4.79 Å². The number of likely N-dealkylation sites (tertiary alicyclic amines) is 1. The number of rotatable bonds is 4. The average molecular weight is 340 g/mol. The van der Waals surface area contributed by atoms with E-state index >= 15 is 0 Å². The molecule has 1 N–H and O–H groups in total. The van der Waals surface area contributed by atoms with Crippen molar-refractivity contribution in [2.24, 2.45) is 0 Å². The van der Waals surface area contributed by atoms with Gasteiger partial charge in [0, 0.05) is 57.8 Å². The summed E-state index contributed by atoms with van der Waals surface area (Å²) in [5.41, 5.74) is -0.107. The van der Waals surface area contributed by atoms with Gasteiger partial charge in [0.05, 0.1) is 6.61 Å². The maximum Gasteiger partial charge on any atom is 0.317 e. The topological polar surface area (TPSA) is 65.1 Å². The number of hydrogen-bond donors (Lipinski definition) is 1. The highest BCUT2D eigenvalue weighted by molar-refractivity contribution is 5.77. The van der Waals surface area contributed by atoms with E-state index < -0.39 is 0 Å². The molecule has 138 valence electrons. The van der Waals surface area contributed by atoms with Crippen molar-refractivity contribution in [3.05, 3.63) is 0 Å². The van der Waals surface area contributed by atoms with Crippen LogP contribution >= 0.6 is 0 Å². The molecule has 24 heavy (non-hydrogen) atoms. The Kier molecular flexibility index (Phi) is 6.46. The monoisotopic (exact) mass is 340 g/mol. The minimum atomic E-state index is -0.107. The highest BCUT2D eigenvalue weighted by Gasteiger charge is 2.43. The van der Waals surface area contributed by atoms with Crippen LogP contribution in [0.2, 0.25) is 0 Å². The first-order valence-electron chi connectivity index (χ1n) is 8.91. The first kappa shape index (κ1) is 19.0. The van der Waals surface area contributed by atoms with E-state index in [0.29, 0.717) is 26.1 Å². The van der Waals surface area contributed by atoms with Gasteiger partial charge >= 0.3 is 6.03 Å². The van der Waals surface area contributed by atoms with Crippen molar-refractivity contribution in [3.63, 3.8) is 0 Å². The van der Waals surface area contributed by atoms with Gasteiger partial charge < -0.3 is 19.9 Å². The van der Waals surface area contributed by atoms with Gasteiger partial charge in [-0.1, -0.05) is 0 Å². The fraction of sp³-hybridized carbons (Fsp3) is 0.882. The van der Waals surface area contributed by atoms with Gasteiger partial charge in [0.15, 0.2) is 0 Å². The molecule has 2 heterocycles. The Hall–Kier alpha value is -1.34. The third-order valence-corrected chi connectivity index (χ3v) is 5.27. The Labute approximate surface area is 145 Å². The summed E-state index contributed by atoms with van der Waals surface area (Å²) in [6.45, 7) is 8.16. The predicted octanol–water partition coefficient (Wildman–Crippen LogP) is 0.750. The van der Waals surface area contributed by atoms with Gasteiger partial charge in [-0.15, -0.1) is 0 Å². The molecule has 0 aromatic rings. The maximum atomic E-state index is 12.4. The quantitative estimate of drug-likeness (QED) is 0.820. The molecule has 3 amide bonds.